The Kier molecular flexibility index (Phi) is 12.5. The molecule has 0 saturated carbocycles. The van der Waals surface area contributed by atoms with E-state index in [1.165, 1.54) is 5.56 Å². The van der Waals surface area contributed by atoms with E-state index in [0.29, 0.717) is 29.0 Å². The van der Waals surface area contributed by atoms with E-state index in [2.05, 4.69) is 88.4 Å². The third-order valence-electron chi connectivity index (χ3n) is 12.7. The summed E-state index contributed by atoms with van der Waals surface area (Å²) in [6.45, 7) is 0. The van der Waals surface area contributed by atoms with Crippen LogP contribution in [0.15, 0.2) is 242 Å². The number of benzene rings is 10. The average Bonchev–Trinajstić information content (AvgIpc) is 1.56. The summed E-state index contributed by atoms with van der Waals surface area (Å²) in [6.07, 6.45) is 0. The Morgan fingerprint density at radius 2 is 0.787 bits per heavy atom. The van der Waals surface area contributed by atoms with Crippen LogP contribution in [0.5, 0.6) is 5.75 Å². The van der Waals surface area contributed by atoms with E-state index in [-0.39, 0.29) is 43.8 Å². The van der Waals surface area contributed by atoms with Gasteiger partial charge in [0.05, 0.1) is 27.7 Å². The summed E-state index contributed by atoms with van der Waals surface area (Å²) in [6, 6.07) is 62.1. The van der Waals surface area contributed by atoms with E-state index in [1.807, 2.05) is 132 Å². The SMILES string of the molecule is COc1cc(-c2nc(Cl)nc(-c3ccccc3)n2)cc2ccccc12.Clc1nc(-c2ccc(-c3ccccc3)cc2)nc(-n2c3ccccc3c3ccccc32)n1.[2H]c1c([2H])c([2H])c2c(-c3nc(Cl)nc(-c4ccccc4)n3)c([2H])c([2H])c([2H])c2c1[2H]. The fourth-order valence-electron chi connectivity index (χ4n) is 9.08. The molecule has 0 fully saturated rings. The lowest BCUT2D eigenvalue weighted by Gasteiger charge is -2.09. The lowest BCUT2D eigenvalue weighted by atomic mass is 10.0. The van der Waals surface area contributed by atoms with Gasteiger partial charge in [-0.05, 0) is 86.4 Å². The Bertz CT molecular complexity index is 4880. The molecule has 80 heavy (non-hydrogen) atoms. The van der Waals surface area contributed by atoms with Gasteiger partial charge in [-0.15, -0.1) is 0 Å². The fourth-order valence-corrected chi connectivity index (χ4v) is 9.55. The van der Waals surface area contributed by atoms with E-state index >= 15 is 0 Å². The van der Waals surface area contributed by atoms with E-state index < -0.39 is 42.3 Å². The van der Waals surface area contributed by atoms with Crippen LogP contribution in [-0.2, 0) is 0 Å². The minimum atomic E-state index is -0.525. The van der Waals surface area contributed by atoms with Gasteiger partial charge in [-0.1, -0.05) is 218 Å². The van der Waals surface area contributed by atoms with Gasteiger partial charge in [-0.3, -0.25) is 4.57 Å². The van der Waals surface area contributed by atoms with E-state index in [1.54, 1.807) is 31.4 Å². The van der Waals surface area contributed by atoms with E-state index in [4.69, 9.17) is 54.1 Å². The van der Waals surface area contributed by atoms with Crippen LogP contribution >= 0.6 is 34.8 Å². The molecule has 0 N–H and O–H groups in total. The number of rotatable bonds is 8. The monoisotopic (exact) mass is 1100 g/mol. The number of hydrogen-bond acceptors (Lipinski definition) is 10. The predicted octanol–water partition coefficient (Wildman–Crippen LogP) is 17.0. The molecule has 10 aromatic carbocycles. The lowest BCUT2D eigenvalue weighted by Crippen LogP contribution is -2.04. The summed E-state index contributed by atoms with van der Waals surface area (Å²) in [4.78, 5) is 39.3. The Balaban J connectivity index is 0.000000128. The van der Waals surface area contributed by atoms with Crippen molar-refractivity contribution < 1.29 is 14.3 Å². The molecule has 384 valence electrons. The molecule has 0 aliphatic carbocycles. The van der Waals surface area contributed by atoms with Crippen LogP contribution in [0.2, 0.25) is 15.9 Å². The summed E-state index contributed by atoms with van der Waals surface area (Å²) in [5.74, 6) is 2.98. The van der Waals surface area contributed by atoms with Crippen molar-refractivity contribution in [1.82, 2.24) is 49.4 Å². The van der Waals surface area contributed by atoms with Gasteiger partial charge in [-0.2, -0.15) is 34.9 Å². The zero-order valence-corrected chi connectivity index (χ0v) is 44.3. The molecule has 0 atom stereocenters. The molecule has 14 aromatic rings. The number of methoxy groups -OCH3 is 1. The maximum Gasteiger partial charge on any atom is 0.239 e. The maximum absolute atomic E-state index is 8.39. The second-order valence-electron chi connectivity index (χ2n) is 17.7. The molecule has 0 aliphatic heterocycles. The molecule has 14 heteroatoms. The zero-order chi connectivity index (χ0) is 60.5. The van der Waals surface area contributed by atoms with Gasteiger partial charge in [0.25, 0.3) is 0 Å². The quantitative estimate of drug-likeness (QED) is 0.145. The Morgan fingerprint density at radius 1 is 0.350 bits per heavy atom. The summed E-state index contributed by atoms with van der Waals surface area (Å²) in [5.41, 5.74) is 7.50. The molecule has 0 spiro atoms. The number of fused-ring (bicyclic) bond motifs is 5. The van der Waals surface area contributed by atoms with Crippen LogP contribution in [0, 0.1) is 0 Å². The molecular weight excluding hydrogens is 1060 g/mol. The Morgan fingerprint density at radius 3 is 1.40 bits per heavy atom. The highest BCUT2D eigenvalue weighted by molar-refractivity contribution is 6.29. The number of ether oxygens (including phenoxy) is 1. The summed E-state index contributed by atoms with van der Waals surface area (Å²) < 4.78 is 64.7. The van der Waals surface area contributed by atoms with Crippen molar-refractivity contribution in [2.45, 2.75) is 0 Å². The molecule has 14 rings (SSSR count). The van der Waals surface area contributed by atoms with Crippen LogP contribution in [0.3, 0.4) is 0 Å². The third-order valence-corrected chi connectivity index (χ3v) is 13.3. The van der Waals surface area contributed by atoms with Crippen LogP contribution in [0.1, 0.15) is 9.60 Å². The second-order valence-corrected chi connectivity index (χ2v) is 18.7. The molecule has 0 amide bonds. The van der Waals surface area contributed by atoms with Crippen LogP contribution in [-0.4, -0.2) is 56.5 Å². The van der Waals surface area contributed by atoms with Crippen LogP contribution < -0.4 is 4.74 Å². The van der Waals surface area contributed by atoms with Crippen molar-refractivity contribution in [2.75, 3.05) is 7.11 Å². The first-order valence-electron chi connectivity index (χ1n) is 28.3. The van der Waals surface area contributed by atoms with Crippen molar-refractivity contribution >= 4 is 78.2 Å². The minimum absolute atomic E-state index is 0.0977. The van der Waals surface area contributed by atoms with Crippen LogP contribution in [0.25, 0.3) is 117 Å². The van der Waals surface area contributed by atoms with E-state index in [9.17, 15) is 0 Å². The standard InChI is InChI=1S/C27H17ClN4.C20H14ClN3O.C19H12ClN3/c28-26-29-25(20-16-14-19(15-17-20)18-8-2-1-3-9-18)30-27(31-26)32-23-12-6-4-10-21(23)22-11-5-7-13-24(22)32;1-25-17-12-15(11-14-9-5-6-10-16(14)17)19-22-18(23-20(21)24-19)13-7-3-2-4-8-13;20-19-22-17(14-8-2-1-3-9-14)21-18(23-19)16-12-6-10-13-7-4-5-11-15(13)16/h1-17H;2-12H,1H3;1-12H/i;;4D,5D,6D,7D,10D,11D,12D. The van der Waals surface area contributed by atoms with Crippen molar-refractivity contribution in [2.24, 2.45) is 0 Å². The molecule has 0 radical (unpaired) electrons. The van der Waals surface area contributed by atoms with Crippen LogP contribution in [0.4, 0.5) is 0 Å². The highest BCUT2D eigenvalue weighted by Gasteiger charge is 2.18. The molecular formula is C66H43Cl3N10O. The average molecular weight is 1110 g/mol. The smallest absolute Gasteiger partial charge is 0.239 e. The number of para-hydroxylation sites is 2. The molecule has 0 unspecified atom stereocenters. The molecule has 4 heterocycles. The highest BCUT2D eigenvalue weighted by Crippen LogP contribution is 2.35. The molecule has 0 aliphatic rings. The van der Waals surface area contributed by atoms with Gasteiger partial charge >= 0.3 is 0 Å². The first kappa shape index (κ1) is 43.2. The Labute approximate surface area is 484 Å². The Hall–Kier alpha value is -9.78. The van der Waals surface area contributed by atoms with Gasteiger partial charge in [0.15, 0.2) is 29.1 Å². The first-order chi connectivity index (χ1) is 42.2. The largest absolute Gasteiger partial charge is 0.496 e. The van der Waals surface area contributed by atoms with Gasteiger partial charge < -0.3 is 4.74 Å². The van der Waals surface area contributed by atoms with Gasteiger partial charge in [0.2, 0.25) is 21.8 Å². The lowest BCUT2D eigenvalue weighted by molar-refractivity contribution is 0.420. The van der Waals surface area contributed by atoms with Gasteiger partial charge in [0.1, 0.15) is 5.75 Å². The van der Waals surface area contributed by atoms with Crippen molar-refractivity contribution in [3.8, 4) is 79.8 Å². The first-order valence-corrected chi connectivity index (χ1v) is 25.9. The number of aromatic nitrogens is 10. The topological polar surface area (TPSA) is 130 Å². The van der Waals surface area contributed by atoms with E-state index in [0.717, 1.165) is 60.6 Å². The molecule has 11 nitrogen and oxygen atoms in total. The molecule has 0 bridgehead atoms. The predicted molar refractivity (Wildman–Crippen MR) is 323 cm³/mol. The highest BCUT2D eigenvalue weighted by atomic mass is 35.5. The normalized spacial score (nSPS) is 12.2. The zero-order valence-electron chi connectivity index (χ0n) is 49.1. The van der Waals surface area contributed by atoms with Crippen molar-refractivity contribution in [3.63, 3.8) is 0 Å². The number of halogens is 3. The minimum Gasteiger partial charge on any atom is -0.496 e. The van der Waals surface area contributed by atoms with Gasteiger partial charge in [0, 0.05) is 44.0 Å². The van der Waals surface area contributed by atoms with Crippen molar-refractivity contribution in [1.29, 1.82) is 0 Å². The summed E-state index contributed by atoms with van der Waals surface area (Å²) in [5, 5.41) is 4.26. The summed E-state index contributed by atoms with van der Waals surface area (Å²) >= 11 is 18.6. The fraction of sp³-hybridized carbons (Fsp3) is 0.0152. The number of nitrogens with zero attached hydrogens (tertiary/aromatic N) is 10. The van der Waals surface area contributed by atoms with Gasteiger partial charge in [-0.25, -0.2) is 9.97 Å². The maximum atomic E-state index is 8.39. The second kappa shape index (κ2) is 23.1. The molecule has 0 saturated heterocycles. The third kappa shape index (κ3) is 10.9. The van der Waals surface area contributed by atoms with Crippen molar-refractivity contribution in [3.05, 3.63) is 258 Å². The number of hydrogen-bond donors (Lipinski definition) is 0. The molecule has 4 aromatic heterocycles. The summed E-state index contributed by atoms with van der Waals surface area (Å²) in [7, 11) is 1.65.